The van der Waals surface area contributed by atoms with Gasteiger partial charge in [-0.2, -0.15) is 16.8 Å². The smallest absolute Gasteiger partial charge is 0.294 e. The minimum Gasteiger partial charge on any atom is -0.295 e. The van der Waals surface area contributed by atoms with Gasteiger partial charge in [-0.15, -0.1) is 0 Å². The zero-order chi connectivity index (χ0) is 25.3. The Morgan fingerprint density at radius 3 is 1.53 bits per heavy atom. The van der Waals surface area contributed by atoms with Crippen molar-refractivity contribution < 1.29 is 25.9 Å². The number of aryl methyl sites for hydroxylation is 2. The van der Waals surface area contributed by atoms with Crippen LogP contribution in [-0.4, -0.2) is 45.5 Å². The van der Waals surface area contributed by atoms with Gasteiger partial charge in [-0.3, -0.25) is 28.9 Å². The molecule has 0 bridgehead atoms. The van der Waals surface area contributed by atoms with E-state index < -0.39 is 20.2 Å². The Balaban J connectivity index is 0.000000191. The standard InChI is InChI=1S/2C10H10N2O4S/c1-7-6-10(13)12(11-7)8-2-4-9(5-3-8)17(14,15)16;1-7-5-10(13)12(11-7)8-3-2-4-9(6-8)17(14,15)16/h2*2-6,11H,1H3,(H,14,15,16). The van der Waals surface area contributed by atoms with Crippen LogP contribution in [0.2, 0.25) is 0 Å². The average Bonchev–Trinajstić information content (AvgIpc) is 3.27. The molecule has 2 heterocycles. The van der Waals surface area contributed by atoms with Crippen molar-refractivity contribution in [3.63, 3.8) is 0 Å². The summed E-state index contributed by atoms with van der Waals surface area (Å²) in [4.78, 5) is 22.5. The lowest BCUT2D eigenvalue weighted by Crippen LogP contribution is -2.14. The SMILES string of the molecule is Cc1cc(=O)n(-c2ccc(S(=O)(=O)O)cc2)[nH]1.Cc1cc(=O)n(-c2cccc(S(=O)(=O)O)c2)[nH]1. The van der Waals surface area contributed by atoms with Crippen molar-refractivity contribution in [2.75, 3.05) is 0 Å². The molecule has 14 heteroatoms. The van der Waals surface area contributed by atoms with Crippen molar-refractivity contribution >= 4 is 20.2 Å². The predicted octanol–water partition coefficient (Wildman–Crippen LogP) is 1.44. The molecule has 0 radical (unpaired) electrons. The van der Waals surface area contributed by atoms with E-state index >= 15 is 0 Å². The van der Waals surface area contributed by atoms with Crippen molar-refractivity contribution in [1.82, 2.24) is 19.6 Å². The summed E-state index contributed by atoms with van der Waals surface area (Å²) in [6.45, 7) is 3.45. The number of hydrogen-bond donors (Lipinski definition) is 4. The van der Waals surface area contributed by atoms with E-state index in [0.717, 1.165) is 0 Å². The first-order valence-corrected chi connectivity index (χ1v) is 12.4. The highest BCUT2D eigenvalue weighted by atomic mass is 32.2. The van der Waals surface area contributed by atoms with Crippen LogP contribution in [-0.2, 0) is 20.2 Å². The minimum absolute atomic E-state index is 0.211. The molecule has 0 fully saturated rings. The summed E-state index contributed by atoms with van der Waals surface area (Å²) in [7, 11) is -8.47. The Bertz CT molecular complexity index is 1660. The molecule has 4 aromatic rings. The van der Waals surface area contributed by atoms with Crippen LogP contribution in [0.25, 0.3) is 11.4 Å². The first kappa shape index (κ1) is 24.9. The third-order valence-corrected chi connectivity index (χ3v) is 6.18. The number of aromatic amines is 2. The zero-order valence-corrected chi connectivity index (χ0v) is 19.5. The van der Waals surface area contributed by atoms with Gasteiger partial charge in [-0.05, 0) is 56.3 Å². The van der Waals surface area contributed by atoms with E-state index in [1.54, 1.807) is 19.9 Å². The van der Waals surface area contributed by atoms with Crippen LogP contribution < -0.4 is 11.1 Å². The number of rotatable bonds is 4. The number of H-pyrrole nitrogens is 2. The predicted molar refractivity (Wildman–Crippen MR) is 122 cm³/mol. The molecule has 0 aliphatic carbocycles. The molecule has 12 nitrogen and oxygen atoms in total. The van der Waals surface area contributed by atoms with Crippen molar-refractivity contribution in [3.8, 4) is 11.4 Å². The number of aromatic nitrogens is 4. The number of nitrogens with one attached hydrogen (secondary N) is 2. The molecule has 180 valence electrons. The third-order valence-electron chi connectivity index (χ3n) is 4.46. The summed E-state index contributed by atoms with van der Waals surface area (Å²) >= 11 is 0. The van der Waals surface area contributed by atoms with Gasteiger partial charge in [0.2, 0.25) is 0 Å². The molecule has 0 saturated heterocycles. The maximum absolute atomic E-state index is 11.5. The van der Waals surface area contributed by atoms with Gasteiger partial charge in [0.25, 0.3) is 31.4 Å². The fourth-order valence-corrected chi connectivity index (χ4v) is 3.96. The fraction of sp³-hybridized carbons (Fsp3) is 0.100. The summed E-state index contributed by atoms with van der Waals surface area (Å²) in [5, 5.41) is 5.58. The summed E-state index contributed by atoms with van der Waals surface area (Å²) in [6.07, 6.45) is 0. The number of benzene rings is 2. The Hall–Kier alpha value is -3.72. The van der Waals surface area contributed by atoms with Crippen LogP contribution in [0, 0.1) is 13.8 Å². The van der Waals surface area contributed by atoms with Crippen molar-refractivity contribution in [1.29, 1.82) is 0 Å². The molecule has 2 aromatic carbocycles. The normalized spacial score (nSPS) is 11.6. The highest BCUT2D eigenvalue weighted by Gasteiger charge is 2.12. The molecule has 34 heavy (non-hydrogen) atoms. The Morgan fingerprint density at radius 2 is 1.12 bits per heavy atom. The minimum atomic E-state index is -4.27. The van der Waals surface area contributed by atoms with Crippen molar-refractivity contribution in [3.05, 3.63) is 92.8 Å². The van der Waals surface area contributed by atoms with Gasteiger partial charge in [0.15, 0.2) is 0 Å². The van der Waals surface area contributed by atoms with E-state index in [1.165, 1.54) is 64.0 Å². The first-order valence-electron chi connectivity index (χ1n) is 9.49. The zero-order valence-electron chi connectivity index (χ0n) is 17.8. The summed E-state index contributed by atoms with van der Waals surface area (Å²) in [6, 6.07) is 13.6. The van der Waals surface area contributed by atoms with Gasteiger partial charge in [0.05, 0.1) is 21.2 Å². The molecular weight excluding hydrogens is 488 g/mol. The summed E-state index contributed by atoms with van der Waals surface area (Å²) in [5.74, 6) is 0. The largest absolute Gasteiger partial charge is 0.295 e. The lowest BCUT2D eigenvalue weighted by molar-refractivity contribution is 0.481. The van der Waals surface area contributed by atoms with Gasteiger partial charge in [0, 0.05) is 23.5 Å². The molecule has 0 spiro atoms. The van der Waals surface area contributed by atoms with Gasteiger partial charge in [-0.25, -0.2) is 9.36 Å². The Morgan fingerprint density at radius 1 is 0.647 bits per heavy atom. The lowest BCUT2D eigenvalue weighted by Gasteiger charge is -2.03. The van der Waals surface area contributed by atoms with Gasteiger partial charge in [0.1, 0.15) is 0 Å². The van der Waals surface area contributed by atoms with Crippen molar-refractivity contribution in [2.45, 2.75) is 23.6 Å². The maximum Gasteiger partial charge on any atom is 0.294 e. The van der Waals surface area contributed by atoms with Crippen LogP contribution >= 0.6 is 0 Å². The molecule has 0 atom stereocenters. The highest BCUT2D eigenvalue weighted by molar-refractivity contribution is 7.86. The summed E-state index contributed by atoms with van der Waals surface area (Å²) < 4.78 is 63.8. The van der Waals surface area contributed by atoms with E-state index in [9.17, 15) is 26.4 Å². The fourth-order valence-electron chi connectivity index (χ4n) is 2.96. The molecule has 2 aromatic heterocycles. The van der Waals surface area contributed by atoms with E-state index in [4.69, 9.17) is 9.11 Å². The molecule has 0 aliphatic heterocycles. The van der Waals surface area contributed by atoms with Crippen molar-refractivity contribution in [2.24, 2.45) is 0 Å². The van der Waals surface area contributed by atoms with Gasteiger partial charge >= 0.3 is 0 Å². The van der Waals surface area contributed by atoms with Crippen LogP contribution in [0.1, 0.15) is 11.4 Å². The van der Waals surface area contributed by atoms with E-state index in [0.29, 0.717) is 22.8 Å². The highest BCUT2D eigenvalue weighted by Crippen LogP contribution is 2.13. The third kappa shape index (κ3) is 5.79. The maximum atomic E-state index is 11.5. The second-order valence-electron chi connectivity index (χ2n) is 7.17. The quantitative estimate of drug-likeness (QED) is 0.298. The van der Waals surface area contributed by atoms with Crippen LogP contribution in [0.4, 0.5) is 0 Å². The van der Waals surface area contributed by atoms with E-state index in [1.807, 2.05) is 0 Å². The first-order chi connectivity index (χ1) is 15.8. The molecule has 0 unspecified atom stereocenters. The van der Waals surface area contributed by atoms with E-state index in [2.05, 4.69) is 10.2 Å². The number of hydrogen-bond acceptors (Lipinski definition) is 6. The summed E-state index contributed by atoms with van der Waals surface area (Å²) in [5.41, 5.74) is 1.67. The monoisotopic (exact) mass is 508 g/mol. The molecule has 0 saturated carbocycles. The lowest BCUT2D eigenvalue weighted by atomic mass is 10.3. The van der Waals surface area contributed by atoms with Crippen LogP contribution in [0.3, 0.4) is 0 Å². The molecule has 4 N–H and O–H groups in total. The molecular formula is C20H20N4O8S2. The Kier molecular flexibility index (Phi) is 6.79. The molecule has 0 aliphatic rings. The van der Waals surface area contributed by atoms with Crippen LogP contribution in [0.5, 0.6) is 0 Å². The second kappa shape index (κ2) is 9.26. The topological polar surface area (TPSA) is 184 Å². The van der Waals surface area contributed by atoms with E-state index in [-0.39, 0.29) is 20.9 Å². The van der Waals surface area contributed by atoms with Gasteiger partial charge in [-0.1, -0.05) is 6.07 Å². The van der Waals surface area contributed by atoms with Gasteiger partial charge < -0.3 is 0 Å². The Labute approximate surface area is 193 Å². The number of nitrogens with zero attached hydrogens (tertiary/aromatic N) is 2. The van der Waals surface area contributed by atoms with Crippen LogP contribution in [0.15, 0.2) is 80.0 Å². The molecule has 0 amide bonds. The molecule has 4 rings (SSSR count). The second-order valence-corrected chi connectivity index (χ2v) is 10.0. The average molecular weight is 509 g/mol.